The van der Waals surface area contributed by atoms with Crippen LogP contribution in [-0.4, -0.2) is 17.5 Å². The lowest BCUT2D eigenvalue weighted by atomic mass is 10.2. The van der Waals surface area contributed by atoms with Gasteiger partial charge < -0.3 is 15.8 Å². The summed E-state index contributed by atoms with van der Waals surface area (Å²) in [6, 6.07) is 12.2. The fraction of sp³-hybridized carbons (Fsp3) is 0.125. The van der Waals surface area contributed by atoms with E-state index in [-0.39, 0.29) is 12.5 Å². The van der Waals surface area contributed by atoms with Crippen molar-refractivity contribution in [2.45, 2.75) is 6.92 Å². The Morgan fingerprint density at radius 1 is 1.27 bits per heavy atom. The molecule has 2 rings (SSSR count). The minimum atomic E-state index is -0.252. The summed E-state index contributed by atoms with van der Waals surface area (Å²) in [6.07, 6.45) is 0. The summed E-state index contributed by atoms with van der Waals surface area (Å²) in [5.41, 5.74) is 7.80. The van der Waals surface area contributed by atoms with Gasteiger partial charge in [0.25, 0.3) is 5.91 Å². The number of carbonyl (C=O) groups excluding carboxylic acids is 1. The van der Waals surface area contributed by atoms with Crippen LogP contribution in [0.1, 0.15) is 11.1 Å². The maximum absolute atomic E-state index is 11.9. The topological polar surface area (TPSA) is 64.3 Å². The van der Waals surface area contributed by atoms with Crippen molar-refractivity contribution >= 4 is 40.4 Å². The molecule has 0 aliphatic heterocycles. The maximum atomic E-state index is 11.9. The first-order valence-electron chi connectivity index (χ1n) is 6.54. The monoisotopic (exact) mass is 334 g/mol. The van der Waals surface area contributed by atoms with Gasteiger partial charge in [0, 0.05) is 16.3 Å². The number of amides is 1. The zero-order valence-electron chi connectivity index (χ0n) is 11.9. The molecule has 4 nitrogen and oxygen atoms in total. The van der Waals surface area contributed by atoms with Crippen LogP contribution in [0.3, 0.4) is 0 Å². The number of thiocarbonyl (C=S) groups is 1. The standard InChI is InChI=1S/C16H15ClN2O2S/c1-10-8-12(17)4-7-14(10)21-9-15(20)19-13-5-2-11(3-6-13)16(18)22/h2-8H,9H2,1H3,(H2,18,22)(H,19,20). The van der Waals surface area contributed by atoms with Gasteiger partial charge in [0.1, 0.15) is 10.7 Å². The van der Waals surface area contributed by atoms with Gasteiger partial charge >= 0.3 is 0 Å². The van der Waals surface area contributed by atoms with Gasteiger partial charge in [-0.2, -0.15) is 0 Å². The van der Waals surface area contributed by atoms with Gasteiger partial charge in [0.2, 0.25) is 0 Å². The molecule has 3 N–H and O–H groups in total. The number of nitrogens with one attached hydrogen (secondary N) is 1. The third kappa shape index (κ3) is 4.44. The van der Waals surface area contributed by atoms with E-state index in [2.05, 4.69) is 5.32 Å². The second-order valence-corrected chi connectivity index (χ2v) is 5.56. The Bertz CT molecular complexity index is 702. The average molecular weight is 335 g/mol. The first kappa shape index (κ1) is 16.3. The molecule has 0 saturated heterocycles. The molecule has 0 heterocycles. The average Bonchev–Trinajstić information content (AvgIpc) is 2.47. The molecule has 114 valence electrons. The maximum Gasteiger partial charge on any atom is 0.262 e. The van der Waals surface area contributed by atoms with Crippen molar-refractivity contribution in [1.82, 2.24) is 0 Å². The van der Waals surface area contributed by atoms with Gasteiger partial charge in [-0.1, -0.05) is 23.8 Å². The summed E-state index contributed by atoms with van der Waals surface area (Å²) in [7, 11) is 0. The second-order valence-electron chi connectivity index (χ2n) is 4.69. The number of aryl methyl sites for hydroxylation is 1. The molecule has 6 heteroatoms. The molecule has 0 unspecified atom stereocenters. The first-order chi connectivity index (χ1) is 10.5. The van der Waals surface area contributed by atoms with Crippen molar-refractivity contribution in [3.63, 3.8) is 0 Å². The van der Waals surface area contributed by atoms with Crippen molar-refractivity contribution in [3.8, 4) is 5.75 Å². The fourth-order valence-corrected chi connectivity index (χ4v) is 2.20. The lowest BCUT2D eigenvalue weighted by Gasteiger charge is -2.10. The predicted molar refractivity (Wildman–Crippen MR) is 92.6 cm³/mol. The van der Waals surface area contributed by atoms with Crippen molar-refractivity contribution in [1.29, 1.82) is 0 Å². The van der Waals surface area contributed by atoms with Gasteiger partial charge in [-0.25, -0.2) is 0 Å². The molecule has 2 aromatic carbocycles. The predicted octanol–water partition coefficient (Wildman–Crippen LogP) is 3.30. The van der Waals surface area contributed by atoms with E-state index in [0.29, 0.717) is 21.4 Å². The molecule has 0 saturated carbocycles. The number of carbonyl (C=O) groups is 1. The molecule has 0 bridgehead atoms. The largest absolute Gasteiger partial charge is 0.483 e. The van der Waals surface area contributed by atoms with E-state index >= 15 is 0 Å². The zero-order valence-corrected chi connectivity index (χ0v) is 13.5. The van der Waals surface area contributed by atoms with E-state index in [1.54, 1.807) is 42.5 Å². The number of nitrogens with two attached hydrogens (primary N) is 1. The molecule has 0 aliphatic rings. The van der Waals surface area contributed by atoms with E-state index in [0.717, 1.165) is 11.1 Å². The van der Waals surface area contributed by atoms with E-state index in [9.17, 15) is 4.79 Å². The Balaban J connectivity index is 1.91. The van der Waals surface area contributed by atoms with E-state index < -0.39 is 0 Å². The lowest BCUT2D eigenvalue weighted by Crippen LogP contribution is -2.20. The summed E-state index contributed by atoms with van der Waals surface area (Å²) >= 11 is 10.7. The van der Waals surface area contributed by atoms with E-state index in [4.69, 9.17) is 34.3 Å². The van der Waals surface area contributed by atoms with Gasteiger partial charge in [0.15, 0.2) is 6.61 Å². The van der Waals surface area contributed by atoms with Crippen LogP contribution in [0.15, 0.2) is 42.5 Å². The van der Waals surface area contributed by atoms with Crippen LogP contribution in [0, 0.1) is 6.92 Å². The number of ether oxygens (including phenoxy) is 1. The highest BCUT2D eigenvalue weighted by molar-refractivity contribution is 7.80. The van der Waals surface area contributed by atoms with Crippen LogP contribution in [0.5, 0.6) is 5.75 Å². The molecular formula is C16H15ClN2O2S. The van der Waals surface area contributed by atoms with E-state index in [1.165, 1.54) is 0 Å². The number of anilines is 1. The van der Waals surface area contributed by atoms with Crippen LogP contribution in [0.2, 0.25) is 5.02 Å². The minimum absolute atomic E-state index is 0.0838. The third-order valence-electron chi connectivity index (χ3n) is 2.95. The summed E-state index contributed by atoms with van der Waals surface area (Å²) in [5, 5.41) is 3.37. The first-order valence-corrected chi connectivity index (χ1v) is 7.33. The number of rotatable bonds is 5. The normalized spacial score (nSPS) is 10.1. The number of hydrogen-bond donors (Lipinski definition) is 2. The molecule has 0 atom stereocenters. The molecule has 0 spiro atoms. The van der Waals surface area contributed by atoms with E-state index in [1.807, 2.05) is 6.92 Å². The van der Waals surface area contributed by atoms with Crippen molar-refractivity contribution < 1.29 is 9.53 Å². The number of benzene rings is 2. The van der Waals surface area contributed by atoms with Crippen molar-refractivity contribution in [2.75, 3.05) is 11.9 Å². The Morgan fingerprint density at radius 3 is 2.55 bits per heavy atom. The summed E-state index contributed by atoms with van der Waals surface area (Å²) in [6.45, 7) is 1.78. The molecular weight excluding hydrogens is 320 g/mol. The summed E-state index contributed by atoms with van der Waals surface area (Å²) in [4.78, 5) is 12.2. The molecule has 0 radical (unpaired) electrons. The summed E-state index contributed by atoms with van der Waals surface area (Å²) < 4.78 is 5.48. The molecule has 22 heavy (non-hydrogen) atoms. The van der Waals surface area contributed by atoms with Gasteiger partial charge in [-0.3, -0.25) is 4.79 Å². The molecule has 1 amide bonds. The zero-order chi connectivity index (χ0) is 16.1. The minimum Gasteiger partial charge on any atom is -0.483 e. The van der Waals surface area contributed by atoms with Crippen LogP contribution >= 0.6 is 23.8 Å². The molecule has 0 aliphatic carbocycles. The van der Waals surface area contributed by atoms with Crippen LogP contribution in [0.4, 0.5) is 5.69 Å². The number of halogens is 1. The molecule has 2 aromatic rings. The van der Waals surface area contributed by atoms with Gasteiger partial charge in [0.05, 0.1) is 0 Å². The Kier molecular flexibility index (Phi) is 5.35. The third-order valence-corrected chi connectivity index (χ3v) is 3.42. The van der Waals surface area contributed by atoms with Crippen LogP contribution in [-0.2, 0) is 4.79 Å². The quantitative estimate of drug-likeness (QED) is 0.823. The van der Waals surface area contributed by atoms with Gasteiger partial charge in [-0.05, 0) is 55.0 Å². The van der Waals surface area contributed by atoms with Crippen molar-refractivity contribution in [2.24, 2.45) is 5.73 Å². The Labute approximate surface area is 139 Å². The van der Waals surface area contributed by atoms with Gasteiger partial charge in [-0.15, -0.1) is 0 Å². The molecule has 0 aromatic heterocycles. The highest BCUT2D eigenvalue weighted by Crippen LogP contribution is 2.21. The Hall–Kier alpha value is -2.11. The van der Waals surface area contributed by atoms with Crippen molar-refractivity contribution in [3.05, 3.63) is 58.6 Å². The highest BCUT2D eigenvalue weighted by Gasteiger charge is 2.06. The Morgan fingerprint density at radius 2 is 1.95 bits per heavy atom. The van der Waals surface area contributed by atoms with Crippen LogP contribution < -0.4 is 15.8 Å². The molecule has 0 fully saturated rings. The van der Waals surface area contributed by atoms with Crippen LogP contribution in [0.25, 0.3) is 0 Å². The SMILES string of the molecule is Cc1cc(Cl)ccc1OCC(=O)Nc1ccc(C(N)=S)cc1. The fourth-order valence-electron chi connectivity index (χ4n) is 1.83. The highest BCUT2D eigenvalue weighted by atomic mass is 35.5. The second kappa shape index (κ2) is 7.24. The summed E-state index contributed by atoms with van der Waals surface area (Å²) in [5.74, 6) is 0.376. The smallest absolute Gasteiger partial charge is 0.262 e. The number of hydrogen-bond acceptors (Lipinski definition) is 3. The lowest BCUT2D eigenvalue weighted by molar-refractivity contribution is -0.118.